The summed E-state index contributed by atoms with van der Waals surface area (Å²) in [4.78, 5) is 30.4. The van der Waals surface area contributed by atoms with Gasteiger partial charge in [0.25, 0.3) is 11.8 Å². The van der Waals surface area contributed by atoms with Gasteiger partial charge in [-0.05, 0) is 62.8 Å². The number of benzene rings is 2. The maximum Gasteiger partial charge on any atom is 0.257 e. The number of amides is 2. The molecule has 1 fully saturated rings. The minimum atomic E-state index is -0.110. The zero-order chi connectivity index (χ0) is 21.6. The summed E-state index contributed by atoms with van der Waals surface area (Å²) < 4.78 is 6.51. The monoisotopic (exact) mass is 420 g/mol. The van der Waals surface area contributed by atoms with E-state index in [9.17, 15) is 9.59 Å². The SMILES string of the molecule is CN1CCCCCN(C(=O)c2ccccc2)[C@@H]2CCCC[C@@H]2Oc2ccccc2C1=O. The fraction of sp³-hybridized carbons (Fsp3) is 0.462. The Morgan fingerprint density at radius 2 is 1.58 bits per heavy atom. The van der Waals surface area contributed by atoms with E-state index in [0.717, 1.165) is 57.1 Å². The van der Waals surface area contributed by atoms with Crippen molar-refractivity contribution in [1.82, 2.24) is 9.80 Å². The van der Waals surface area contributed by atoms with Gasteiger partial charge in [-0.1, -0.05) is 36.8 Å². The molecule has 2 aromatic carbocycles. The molecule has 1 aliphatic heterocycles. The first-order valence-corrected chi connectivity index (χ1v) is 11.5. The molecule has 1 heterocycles. The van der Waals surface area contributed by atoms with Crippen molar-refractivity contribution in [2.24, 2.45) is 0 Å². The van der Waals surface area contributed by atoms with Crippen LogP contribution in [-0.4, -0.2) is 53.9 Å². The highest BCUT2D eigenvalue weighted by atomic mass is 16.5. The number of para-hydroxylation sites is 1. The molecule has 0 N–H and O–H groups in total. The van der Waals surface area contributed by atoms with Crippen molar-refractivity contribution in [3.05, 3.63) is 65.7 Å². The molecule has 2 aromatic rings. The number of rotatable bonds is 1. The molecule has 5 heteroatoms. The summed E-state index contributed by atoms with van der Waals surface area (Å²) in [5, 5.41) is 0. The molecular weight excluding hydrogens is 388 g/mol. The van der Waals surface area contributed by atoms with E-state index in [1.807, 2.05) is 66.5 Å². The second-order valence-electron chi connectivity index (χ2n) is 8.66. The first-order valence-electron chi connectivity index (χ1n) is 11.5. The highest BCUT2D eigenvalue weighted by molar-refractivity contribution is 5.97. The molecule has 31 heavy (non-hydrogen) atoms. The van der Waals surface area contributed by atoms with Crippen molar-refractivity contribution in [1.29, 1.82) is 0 Å². The van der Waals surface area contributed by atoms with E-state index in [2.05, 4.69) is 0 Å². The Balaban J connectivity index is 1.68. The molecule has 0 radical (unpaired) electrons. The highest BCUT2D eigenvalue weighted by Crippen LogP contribution is 2.31. The summed E-state index contributed by atoms with van der Waals surface area (Å²) in [7, 11) is 1.85. The van der Waals surface area contributed by atoms with E-state index in [0.29, 0.717) is 17.9 Å². The Kier molecular flexibility index (Phi) is 6.90. The van der Waals surface area contributed by atoms with Crippen LogP contribution in [0.15, 0.2) is 54.6 Å². The van der Waals surface area contributed by atoms with Gasteiger partial charge in [0.2, 0.25) is 0 Å². The van der Waals surface area contributed by atoms with E-state index in [1.54, 1.807) is 4.90 Å². The van der Waals surface area contributed by atoms with Crippen LogP contribution in [0.3, 0.4) is 0 Å². The van der Waals surface area contributed by atoms with Gasteiger partial charge in [-0.25, -0.2) is 0 Å². The zero-order valence-electron chi connectivity index (χ0n) is 18.3. The van der Waals surface area contributed by atoms with E-state index in [-0.39, 0.29) is 24.0 Å². The van der Waals surface area contributed by atoms with Crippen molar-refractivity contribution in [3.8, 4) is 5.75 Å². The zero-order valence-corrected chi connectivity index (χ0v) is 18.3. The summed E-state index contributed by atoms with van der Waals surface area (Å²) in [6.07, 6.45) is 6.71. The number of ether oxygens (including phenoxy) is 1. The fourth-order valence-corrected chi connectivity index (χ4v) is 4.76. The van der Waals surface area contributed by atoms with E-state index in [1.165, 1.54) is 0 Å². The molecule has 0 aromatic heterocycles. The largest absolute Gasteiger partial charge is 0.487 e. The minimum Gasteiger partial charge on any atom is -0.487 e. The standard InChI is InChI=1S/C26H32N2O3/c1-27-18-10-3-11-19-28(25(29)20-12-4-2-5-13-20)22-15-7-9-17-24(22)31-23-16-8-6-14-21(23)26(27)30/h2,4-6,8,12-14,16,22,24H,3,7,9-11,15,17-19H2,1H3/t22-,24+/m1/s1. The summed E-state index contributed by atoms with van der Waals surface area (Å²) in [5.74, 6) is 0.708. The van der Waals surface area contributed by atoms with Gasteiger partial charge in [-0.15, -0.1) is 0 Å². The van der Waals surface area contributed by atoms with Crippen LogP contribution in [0, 0.1) is 0 Å². The van der Waals surface area contributed by atoms with Crippen LogP contribution >= 0.6 is 0 Å². The van der Waals surface area contributed by atoms with Crippen molar-refractivity contribution in [2.45, 2.75) is 57.1 Å². The normalized spacial score (nSPS) is 22.8. The second-order valence-corrected chi connectivity index (χ2v) is 8.66. The van der Waals surface area contributed by atoms with Gasteiger partial charge in [0.1, 0.15) is 11.9 Å². The second kappa shape index (κ2) is 9.99. The lowest BCUT2D eigenvalue weighted by molar-refractivity contribution is 0.0273. The lowest BCUT2D eigenvalue weighted by Gasteiger charge is -2.40. The molecule has 0 saturated heterocycles. The lowest BCUT2D eigenvalue weighted by atomic mass is 9.90. The third-order valence-electron chi connectivity index (χ3n) is 6.48. The molecular formula is C26H32N2O3. The molecule has 0 spiro atoms. The van der Waals surface area contributed by atoms with Gasteiger partial charge in [-0.2, -0.15) is 0 Å². The Labute approximate surface area is 185 Å². The number of fused-ring (bicyclic) bond motifs is 2. The smallest absolute Gasteiger partial charge is 0.257 e. The van der Waals surface area contributed by atoms with Crippen LogP contribution < -0.4 is 4.74 Å². The minimum absolute atomic E-state index is 0.000533. The maximum atomic E-state index is 13.5. The number of hydrogen-bond donors (Lipinski definition) is 0. The van der Waals surface area contributed by atoms with Crippen molar-refractivity contribution in [3.63, 3.8) is 0 Å². The molecule has 4 rings (SSSR count). The van der Waals surface area contributed by atoms with Crippen LogP contribution in [-0.2, 0) is 0 Å². The van der Waals surface area contributed by atoms with E-state index in [4.69, 9.17) is 4.74 Å². The molecule has 1 aliphatic carbocycles. The van der Waals surface area contributed by atoms with E-state index >= 15 is 0 Å². The molecule has 2 aliphatic rings. The van der Waals surface area contributed by atoms with Crippen molar-refractivity contribution >= 4 is 11.8 Å². The Morgan fingerprint density at radius 3 is 2.42 bits per heavy atom. The third-order valence-corrected chi connectivity index (χ3v) is 6.48. The third kappa shape index (κ3) is 4.92. The molecule has 5 nitrogen and oxygen atoms in total. The van der Waals surface area contributed by atoms with E-state index < -0.39 is 0 Å². The Bertz CT molecular complexity index is 899. The lowest BCUT2D eigenvalue weighted by Crippen LogP contribution is -2.51. The average Bonchev–Trinajstić information content (AvgIpc) is 2.82. The summed E-state index contributed by atoms with van der Waals surface area (Å²) in [6, 6.07) is 17.1. The Hall–Kier alpha value is -2.82. The Morgan fingerprint density at radius 1 is 0.871 bits per heavy atom. The number of nitrogens with zero attached hydrogens (tertiary/aromatic N) is 2. The first kappa shape index (κ1) is 21.4. The maximum absolute atomic E-state index is 13.5. The number of hydrogen-bond acceptors (Lipinski definition) is 3. The quantitative estimate of drug-likeness (QED) is 0.667. The molecule has 0 unspecified atom stereocenters. The summed E-state index contributed by atoms with van der Waals surface area (Å²) >= 11 is 0. The number of carbonyl (C=O) groups excluding carboxylic acids is 2. The topological polar surface area (TPSA) is 49.9 Å². The van der Waals surface area contributed by atoms with Gasteiger partial charge < -0.3 is 14.5 Å². The highest BCUT2D eigenvalue weighted by Gasteiger charge is 2.35. The summed E-state index contributed by atoms with van der Waals surface area (Å²) in [5.41, 5.74) is 1.33. The van der Waals surface area contributed by atoms with Crippen molar-refractivity contribution < 1.29 is 14.3 Å². The van der Waals surface area contributed by atoms with Crippen LogP contribution in [0.25, 0.3) is 0 Å². The fourth-order valence-electron chi connectivity index (χ4n) is 4.76. The molecule has 1 saturated carbocycles. The molecule has 164 valence electrons. The van der Waals surface area contributed by atoms with Crippen LogP contribution in [0.4, 0.5) is 0 Å². The number of carbonyl (C=O) groups is 2. The van der Waals surface area contributed by atoms with Gasteiger partial charge in [-0.3, -0.25) is 9.59 Å². The average molecular weight is 421 g/mol. The van der Waals surface area contributed by atoms with Gasteiger partial charge in [0.15, 0.2) is 0 Å². The van der Waals surface area contributed by atoms with Crippen LogP contribution in [0.5, 0.6) is 5.75 Å². The van der Waals surface area contributed by atoms with Gasteiger partial charge in [0, 0.05) is 25.7 Å². The first-order chi connectivity index (χ1) is 15.1. The van der Waals surface area contributed by atoms with Crippen LogP contribution in [0.2, 0.25) is 0 Å². The predicted molar refractivity (Wildman–Crippen MR) is 121 cm³/mol. The molecule has 2 amide bonds. The molecule has 2 atom stereocenters. The van der Waals surface area contributed by atoms with Gasteiger partial charge >= 0.3 is 0 Å². The molecule has 0 bridgehead atoms. The van der Waals surface area contributed by atoms with Crippen molar-refractivity contribution in [2.75, 3.05) is 20.1 Å². The van der Waals surface area contributed by atoms with Gasteiger partial charge in [0.05, 0.1) is 11.6 Å². The predicted octanol–water partition coefficient (Wildman–Crippen LogP) is 4.77. The summed E-state index contributed by atoms with van der Waals surface area (Å²) in [6.45, 7) is 1.42. The van der Waals surface area contributed by atoms with Crippen LogP contribution in [0.1, 0.15) is 65.7 Å².